The highest BCUT2D eigenvalue weighted by Gasteiger charge is 2.35. The van der Waals surface area contributed by atoms with Crippen LogP contribution in [0.2, 0.25) is 0 Å². The third-order valence-corrected chi connectivity index (χ3v) is 5.57. The lowest BCUT2D eigenvalue weighted by Crippen LogP contribution is -2.12. The molecule has 1 aromatic heterocycles. The summed E-state index contributed by atoms with van der Waals surface area (Å²) in [4.78, 5) is -0.657. The molecule has 1 heterocycles. The van der Waals surface area contributed by atoms with E-state index < -0.39 is 55.1 Å². The highest BCUT2D eigenvalue weighted by atomic mass is 32.2. The normalized spacial score (nSPS) is 12.0. The van der Waals surface area contributed by atoms with E-state index in [2.05, 4.69) is 5.10 Å². The van der Waals surface area contributed by atoms with E-state index in [0.29, 0.717) is 6.07 Å². The molecule has 0 bridgehead atoms. The first-order valence-electron chi connectivity index (χ1n) is 7.86. The largest absolute Gasteiger partial charge is 0.417 e. The molecule has 29 heavy (non-hydrogen) atoms. The second-order valence-corrected chi connectivity index (χ2v) is 7.89. The summed E-state index contributed by atoms with van der Waals surface area (Å²) in [5, 5.41) is 12.6. The molecule has 0 unspecified atom stereocenters. The van der Waals surface area contributed by atoms with Gasteiger partial charge in [-0.15, -0.1) is 0 Å². The van der Waals surface area contributed by atoms with Gasteiger partial charge in [0.15, 0.2) is 21.5 Å². The predicted octanol–water partition coefficient (Wildman–Crippen LogP) is 4.01. The van der Waals surface area contributed by atoms with Crippen LogP contribution in [0.25, 0.3) is 5.69 Å². The number of hydrogen-bond donors (Lipinski definition) is 0. The van der Waals surface area contributed by atoms with Gasteiger partial charge in [-0.25, -0.2) is 21.9 Å². The van der Waals surface area contributed by atoms with Gasteiger partial charge in [0, 0.05) is 6.20 Å². The zero-order chi connectivity index (χ0) is 21.4. The SMILES string of the molecule is N#Cc1ccc(S(=O)(=O)Cc2ccn(-c3c(F)cccc3F)n2)cc1C(F)(F)F. The summed E-state index contributed by atoms with van der Waals surface area (Å²) in [6, 6.07) is 7.70. The minimum Gasteiger partial charge on any atom is -0.235 e. The molecule has 0 aliphatic rings. The highest BCUT2D eigenvalue weighted by Crippen LogP contribution is 2.34. The topological polar surface area (TPSA) is 75.8 Å². The lowest BCUT2D eigenvalue weighted by atomic mass is 10.1. The first-order valence-corrected chi connectivity index (χ1v) is 9.51. The van der Waals surface area contributed by atoms with Gasteiger partial charge in [-0.1, -0.05) is 6.07 Å². The molecule has 3 aromatic rings. The van der Waals surface area contributed by atoms with Crippen molar-refractivity contribution in [3.63, 3.8) is 0 Å². The van der Waals surface area contributed by atoms with Crippen molar-refractivity contribution < 1.29 is 30.4 Å². The number of alkyl halides is 3. The summed E-state index contributed by atoms with van der Waals surface area (Å²) in [7, 11) is -4.28. The number of hydrogen-bond acceptors (Lipinski definition) is 4. The van der Waals surface area contributed by atoms with Crippen molar-refractivity contribution in [1.82, 2.24) is 9.78 Å². The van der Waals surface area contributed by atoms with Crippen molar-refractivity contribution in [1.29, 1.82) is 5.26 Å². The van der Waals surface area contributed by atoms with E-state index in [1.165, 1.54) is 12.1 Å². The van der Waals surface area contributed by atoms with Gasteiger partial charge in [0.2, 0.25) is 0 Å². The first kappa shape index (κ1) is 20.5. The molecule has 0 atom stereocenters. The number of nitriles is 1. The van der Waals surface area contributed by atoms with Crippen LogP contribution in [0.4, 0.5) is 22.0 Å². The summed E-state index contributed by atoms with van der Waals surface area (Å²) >= 11 is 0. The van der Waals surface area contributed by atoms with Gasteiger partial charge >= 0.3 is 6.18 Å². The molecule has 0 amide bonds. The summed E-state index contributed by atoms with van der Waals surface area (Å²) in [6.07, 6.45) is -3.78. The molecule has 150 valence electrons. The van der Waals surface area contributed by atoms with E-state index in [4.69, 9.17) is 5.26 Å². The third kappa shape index (κ3) is 4.12. The van der Waals surface area contributed by atoms with Crippen LogP contribution in [0, 0.1) is 23.0 Å². The van der Waals surface area contributed by atoms with Crippen molar-refractivity contribution in [2.75, 3.05) is 0 Å². The third-order valence-electron chi connectivity index (χ3n) is 3.92. The van der Waals surface area contributed by atoms with Crippen LogP contribution in [0.15, 0.2) is 53.6 Å². The smallest absolute Gasteiger partial charge is 0.235 e. The fourth-order valence-corrected chi connectivity index (χ4v) is 3.88. The molecule has 0 saturated carbocycles. The van der Waals surface area contributed by atoms with Gasteiger partial charge in [0.1, 0.15) is 5.69 Å². The lowest BCUT2D eigenvalue weighted by Gasteiger charge is -2.11. The quantitative estimate of drug-likeness (QED) is 0.590. The molecule has 2 aromatic carbocycles. The van der Waals surface area contributed by atoms with Crippen LogP contribution < -0.4 is 0 Å². The molecule has 0 aliphatic carbocycles. The van der Waals surface area contributed by atoms with Gasteiger partial charge in [0.05, 0.1) is 33.5 Å². The fourth-order valence-electron chi connectivity index (χ4n) is 2.60. The first-order chi connectivity index (χ1) is 13.5. The Morgan fingerprint density at radius 2 is 1.72 bits per heavy atom. The molecule has 0 spiro atoms. The van der Waals surface area contributed by atoms with Crippen molar-refractivity contribution >= 4 is 9.84 Å². The molecule has 5 nitrogen and oxygen atoms in total. The monoisotopic (exact) mass is 427 g/mol. The standard InChI is InChI=1S/C18H10F5N3O2S/c19-15-2-1-3-16(20)17(15)26-7-6-12(25-26)10-29(27,28)13-5-4-11(9-24)14(8-13)18(21,22)23/h1-8H,10H2. The van der Waals surface area contributed by atoms with Crippen LogP contribution in [-0.4, -0.2) is 18.2 Å². The number of sulfone groups is 1. The van der Waals surface area contributed by atoms with E-state index in [1.807, 2.05) is 0 Å². The minimum atomic E-state index is -4.92. The Labute approximate surface area is 161 Å². The number of para-hydroxylation sites is 1. The Morgan fingerprint density at radius 3 is 2.31 bits per heavy atom. The summed E-state index contributed by atoms with van der Waals surface area (Å²) < 4.78 is 92.7. The summed E-state index contributed by atoms with van der Waals surface area (Å²) in [5.41, 5.74) is -2.74. The van der Waals surface area contributed by atoms with Crippen molar-refractivity contribution in [2.45, 2.75) is 16.8 Å². The molecule has 0 radical (unpaired) electrons. The average molecular weight is 427 g/mol. The van der Waals surface area contributed by atoms with Gasteiger partial charge < -0.3 is 0 Å². The Morgan fingerprint density at radius 1 is 1.07 bits per heavy atom. The predicted molar refractivity (Wildman–Crippen MR) is 90.5 cm³/mol. The Kier molecular flexibility index (Phi) is 5.15. The highest BCUT2D eigenvalue weighted by molar-refractivity contribution is 7.90. The Hall–Kier alpha value is -3.26. The lowest BCUT2D eigenvalue weighted by molar-refractivity contribution is -0.137. The van der Waals surface area contributed by atoms with E-state index in [0.717, 1.165) is 41.2 Å². The fraction of sp³-hybridized carbons (Fsp3) is 0.111. The van der Waals surface area contributed by atoms with Gasteiger partial charge in [0.25, 0.3) is 0 Å². The second kappa shape index (κ2) is 7.29. The molecule has 11 heteroatoms. The van der Waals surface area contributed by atoms with Crippen molar-refractivity contribution in [3.8, 4) is 11.8 Å². The molecule has 0 saturated heterocycles. The van der Waals surface area contributed by atoms with Crippen molar-refractivity contribution in [2.24, 2.45) is 0 Å². The van der Waals surface area contributed by atoms with Gasteiger partial charge in [-0.2, -0.15) is 23.5 Å². The Bertz CT molecular complexity index is 1210. The van der Waals surface area contributed by atoms with E-state index in [9.17, 15) is 30.4 Å². The van der Waals surface area contributed by atoms with Crippen molar-refractivity contribution in [3.05, 3.63) is 77.1 Å². The molecule has 0 fully saturated rings. The molecular weight excluding hydrogens is 417 g/mol. The number of rotatable bonds is 4. The van der Waals surface area contributed by atoms with Crippen LogP contribution >= 0.6 is 0 Å². The summed E-state index contributed by atoms with van der Waals surface area (Å²) in [6.45, 7) is 0. The molecule has 0 aliphatic heterocycles. The molecule has 3 rings (SSSR count). The maximum atomic E-state index is 13.8. The van der Waals surface area contributed by atoms with Crippen LogP contribution in [0.3, 0.4) is 0 Å². The minimum absolute atomic E-state index is 0.134. The number of aromatic nitrogens is 2. The van der Waals surface area contributed by atoms with E-state index >= 15 is 0 Å². The maximum absolute atomic E-state index is 13.8. The zero-order valence-corrected chi connectivity index (χ0v) is 15.1. The maximum Gasteiger partial charge on any atom is 0.417 e. The molecular formula is C18H10F5N3O2S. The summed E-state index contributed by atoms with van der Waals surface area (Å²) in [5.74, 6) is -2.66. The number of benzene rings is 2. The second-order valence-electron chi connectivity index (χ2n) is 5.90. The van der Waals surface area contributed by atoms with Gasteiger partial charge in [-0.3, -0.25) is 0 Å². The zero-order valence-electron chi connectivity index (χ0n) is 14.3. The average Bonchev–Trinajstić information content (AvgIpc) is 3.07. The van der Waals surface area contributed by atoms with E-state index in [1.54, 1.807) is 0 Å². The molecule has 0 N–H and O–H groups in total. The number of halogens is 5. The van der Waals surface area contributed by atoms with Gasteiger partial charge in [-0.05, 0) is 36.4 Å². The van der Waals surface area contributed by atoms with Crippen LogP contribution in [0.1, 0.15) is 16.8 Å². The van der Waals surface area contributed by atoms with Crippen LogP contribution in [0.5, 0.6) is 0 Å². The van der Waals surface area contributed by atoms with E-state index in [-0.39, 0.29) is 5.69 Å². The number of nitrogens with zero attached hydrogens (tertiary/aromatic N) is 3. The van der Waals surface area contributed by atoms with Crippen LogP contribution in [-0.2, 0) is 21.8 Å². The Balaban J connectivity index is 1.96.